The van der Waals surface area contributed by atoms with Gasteiger partial charge in [0.05, 0.1) is 18.5 Å². The molecule has 1 atom stereocenters. The van der Waals surface area contributed by atoms with Gasteiger partial charge in [-0.25, -0.2) is 4.79 Å². The summed E-state index contributed by atoms with van der Waals surface area (Å²) >= 11 is 0. The third kappa shape index (κ3) is 3.47. The lowest BCUT2D eigenvalue weighted by Crippen LogP contribution is -2.55. The lowest BCUT2D eigenvalue weighted by molar-refractivity contribution is -0.172. The molecule has 7 heteroatoms. The van der Waals surface area contributed by atoms with Gasteiger partial charge in [-0.1, -0.05) is 5.21 Å². The zero-order valence-corrected chi connectivity index (χ0v) is 14.1. The minimum Gasteiger partial charge on any atom is -0.459 e. The van der Waals surface area contributed by atoms with E-state index in [1.54, 1.807) is 18.0 Å². The molecule has 0 radical (unpaired) electrons. The van der Waals surface area contributed by atoms with E-state index in [0.29, 0.717) is 13.2 Å². The van der Waals surface area contributed by atoms with E-state index in [1.165, 1.54) is 0 Å². The highest BCUT2D eigenvalue weighted by atomic mass is 16.6. The van der Waals surface area contributed by atoms with Crippen molar-refractivity contribution in [2.24, 2.45) is 7.05 Å². The van der Waals surface area contributed by atoms with Crippen molar-refractivity contribution >= 4 is 5.97 Å². The van der Waals surface area contributed by atoms with Crippen molar-refractivity contribution in [1.29, 1.82) is 0 Å². The van der Waals surface area contributed by atoms with Gasteiger partial charge in [-0.2, -0.15) is 0 Å². The van der Waals surface area contributed by atoms with Gasteiger partial charge in [0.2, 0.25) is 0 Å². The Labute approximate surface area is 131 Å². The molecule has 0 amide bonds. The minimum absolute atomic E-state index is 0.213. The van der Waals surface area contributed by atoms with Crippen LogP contribution in [0.4, 0.5) is 0 Å². The van der Waals surface area contributed by atoms with Crippen molar-refractivity contribution in [3.63, 3.8) is 0 Å². The first-order chi connectivity index (χ1) is 10.3. The van der Waals surface area contributed by atoms with Gasteiger partial charge >= 0.3 is 5.97 Å². The number of carbonyl (C=O) groups is 1. The quantitative estimate of drug-likeness (QED) is 0.760. The second-order valence-corrected chi connectivity index (χ2v) is 6.84. The van der Waals surface area contributed by atoms with Crippen molar-refractivity contribution in [2.45, 2.75) is 51.3 Å². The summed E-state index contributed by atoms with van der Waals surface area (Å²) in [6, 6.07) is 0. The molecule has 1 aliphatic heterocycles. The fourth-order valence-corrected chi connectivity index (χ4v) is 2.88. The van der Waals surface area contributed by atoms with Gasteiger partial charge in [0.15, 0.2) is 0 Å². The van der Waals surface area contributed by atoms with Crippen LogP contribution in [0.3, 0.4) is 0 Å². The van der Waals surface area contributed by atoms with Crippen LogP contribution in [-0.2, 0) is 27.9 Å². The topological polar surface area (TPSA) is 69.5 Å². The van der Waals surface area contributed by atoms with Crippen LogP contribution in [0.15, 0.2) is 6.20 Å². The molecular weight excluding hydrogens is 284 g/mol. The number of rotatable bonds is 5. The predicted molar refractivity (Wildman–Crippen MR) is 81.1 cm³/mol. The van der Waals surface area contributed by atoms with E-state index in [1.807, 2.05) is 27.8 Å². The molecule has 1 aliphatic rings. The largest absolute Gasteiger partial charge is 0.459 e. The Bertz CT molecular complexity index is 523. The summed E-state index contributed by atoms with van der Waals surface area (Å²) in [4.78, 5) is 14.9. The van der Waals surface area contributed by atoms with Crippen molar-refractivity contribution < 1.29 is 14.3 Å². The Morgan fingerprint density at radius 1 is 1.45 bits per heavy atom. The molecule has 2 rings (SSSR count). The van der Waals surface area contributed by atoms with E-state index in [4.69, 9.17) is 9.47 Å². The lowest BCUT2D eigenvalue weighted by Gasteiger charge is -2.37. The third-order valence-electron chi connectivity index (χ3n) is 3.95. The summed E-state index contributed by atoms with van der Waals surface area (Å²) in [5, 5.41) is 7.85. The number of methoxy groups -OCH3 is 1. The number of aromatic nitrogens is 3. The number of aryl methyl sites for hydroxylation is 1. The van der Waals surface area contributed by atoms with E-state index < -0.39 is 11.1 Å². The highest BCUT2D eigenvalue weighted by Crippen LogP contribution is 2.33. The fourth-order valence-electron chi connectivity index (χ4n) is 2.88. The molecule has 124 valence electrons. The average molecular weight is 310 g/mol. The summed E-state index contributed by atoms with van der Waals surface area (Å²) in [5.74, 6) is -0.213. The van der Waals surface area contributed by atoms with E-state index in [9.17, 15) is 4.79 Å². The Kier molecular flexibility index (Phi) is 4.87. The SMILES string of the molecule is COCC1(C(=O)OC(C)(C)C)CCCN1Cc1cnnn1C. The van der Waals surface area contributed by atoms with Crippen LogP contribution in [0.2, 0.25) is 0 Å². The second-order valence-electron chi connectivity index (χ2n) is 6.84. The zero-order chi connectivity index (χ0) is 16.4. The maximum Gasteiger partial charge on any atom is 0.329 e. The molecular formula is C15H26N4O3. The summed E-state index contributed by atoms with van der Waals surface area (Å²) in [7, 11) is 3.47. The lowest BCUT2D eigenvalue weighted by atomic mass is 9.96. The Morgan fingerprint density at radius 2 is 2.18 bits per heavy atom. The molecule has 1 saturated heterocycles. The monoisotopic (exact) mass is 310 g/mol. The summed E-state index contributed by atoms with van der Waals surface area (Å²) in [5.41, 5.74) is -0.280. The normalized spacial score (nSPS) is 23.0. The van der Waals surface area contributed by atoms with Crippen molar-refractivity contribution in [3.8, 4) is 0 Å². The first-order valence-electron chi connectivity index (χ1n) is 7.59. The predicted octanol–water partition coefficient (Wildman–Crippen LogP) is 1.14. The number of likely N-dealkylation sites (tertiary alicyclic amines) is 1. The maximum atomic E-state index is 12.8. The van der Waals surface area contributed by atoms with E-state index in [-0.39, 0.29) is 5.97 Å². The van der Waals surface area contributed by atoms with Crippen molar-refractivity contribution in [3.05, 3.63) is 11.9 Å². The number of ether oxygens (including phenoxy) is 2. The van der Waals surface area contributed by atoms with Crippen LogP contribution in [0.25, 0.3) is 0 Å². The van der Waals surface area contributed by atoms with Gasteiger partial charge in [0, 0.05) is 20.7 Å². The van der Waals surface area contributed by atoms with Crippen molar-refractivity contribution in [1.82, 2.24) is 19.9 Å². The van der Waals surface area contributed by atoms with E-state index >= 15 is 0 Å². The van der Waals surface area contributed by atoms with E-state index in [0.717, 1.165) is 25.1 Å². The maximum absolute atomic E-state index is 12.8. The Hall–Kier alpha value is -1.47. The summed E-state index contributed by atoms with van der Waals surface area (Å²) < 4.78 is 12.7. The highest BCUT2D eigenvalue weighted by Gasteiger charge is 2.50. The molecule has 1 unspecified atom stereocenters. The molecule has 0 saturated carbocycles. The highest BCUT2D eigenvalue weighted by molar-refractivity contribution is 5.82. The molecule has 22 heavy (non-hydrogen) atoms. The average Bonchev–Trinajstić information content (AvgIpc) is 2.97. The summed E-state index contributed by atoms with van der Waals surface area (Å²) in [6.07, 6.45) is 3.40. The molecule has 2 heterocycles. The molecule has 0 bridgehead atoms. The van der Waals surface area contributed by atoms with Gasteiger partial charge in [-0.3, -0.25) is 9.58 Å². The standard InChI is InChI=1S/C15H26N4O3/c1-14(2,3)22-13(20)15(11-21-5)7-6-8-19(15)10-12-9-16-17-18(12)4/h9H,6-8,10-11H2,1-5H3. The second kappa shape index (κ2) is 6.34. The van der Waals surface area contributed by atoms with Crippen LogP contribution in [-0.4, -0.2) is 57.3 Å². The Balaban J connectivity index is 2.23. The third-order valence-corrected chi connectivity index (χ3v) is 3.95. The van der Waals surface area contributed by atoms with Crippen LogP contribution in [0.5, 0.6) is 0 Å². The molecule has 1 aromatic heterocycles. The smallest absolute Gasteiger partial charge is 0.329 e. The number of hydrogen-bond donors (Lipinski definition) is 0. The van der Waals surface area contributed by atoms with Crippen LogP contribution in [0.1, 0.15) is 39.3 Å². The van der Waals surface area contributed by atoms with Crippen LogP contribution >= 0.6 is 0 Å². The molecule has 0 aliphatic carbocycles. The minimum atomic E-state index is -0.730. The molecule has 7 nitrogen and oxygen atoms in total. The van der Waals surface area contributed by atoms with Gasteiger partial charge in [0.1, 0.15) is 11.1 Å². The number of carbonyl (C=O) groups excluding carboxylic acids is 1. The van der Waals surface area contributed by atoms with Gasteiger partial charge < -0.3 is 9.47 Å². The first-order valence-corrected chi connectivity index (χ1v) is 7.59. The van der Waals surface area contributed by atoms with Crippen LogP contribution < -0.4 is 0 Å². The molecule has 1 aromatic rings. The van der Waals surface area contributed by atoms with Crippen LogP contribution in [0, 0.1) is 0 Å². The van der Waals surface area contributed by atoms with Gasteiger partial charge in [0.25, 0.3) is 0 Å². The number of nitrogens with zero attached hydrogens (tertiary/aromatic N) is 4. The molecule has 0 N–H and O–H groups in total. The molecule has 1 fully saturated rings. The van der Waals surface area contributed by atoms with Gasteiger partial charge in [-0.05, 0) is 40.2 Å². The van der Waals surface area contributed by atoms with Crippen molar-refractivity contribution in [2.75, 3.05) is 20.3 Å². The number of hydrogen-bond acceptors (Lipinski definition) is 6. The Morgan fingerprint density at radius 3 is 2.73 bits per heavy atom. The fraction of sp³-hybridized carbons (Fsp3) is 0.800. The molecule has 0 aromatic carbocycles. The first kappa shape index (κ1) is 16.9. The zero-order valence-electron chi connectivity index (χ0n) is 14.1. The van der Waals surface area contributed by atoms with E-state index in [2.05, 4.69) is 15.2 Å². The summed E-state index contributed by atoms with van der Waals surface area (Å²) in [6.45, 7) is 7.41. The van der Waals surface area contributed by atoms with Gasteiger partial charge in [-0.15, -0.1) is 5.10 Å². The number of esters is 1. The molecule has 0 spiro atoms.